The van der Waals surface area contributed by atoms with Crippen LogP contribution in [0.25, 0.3) is 21.7 Å². The van der Waals surface area contributed by atoms with Crippen LogP contribution in [0.2, 0.25) is 0 Å². The first kappa shape index (κ1) is 54.7. The number of amides is 2. The van der Waals surface area contributed by atoms with E-state index in [2.05, 4.69) is 95.5 Å². The highest BCUT2D eigenvalue weighted by molar-refractivity contribution is 7.13. The third kappa shape index (κ3) is 12.4. The highest BCUT2D eigenvalue weighted by Crippen LogP contribution is 2.51. The first-order valence-electron chi connectivity index (χ1n) is 28.0. The largest absolute Gasteiger partial charge is 0.507 e. The number of piperidine rings is 2. The van der Waals surface area contributed by atoms with Crippen LogP contribution in [0.3, 0.4) is 0 Å². The molecule has 10 rings (SSSR count). The molecule has 412 valence electrons. The van der Waals surface area contributed by atoms with E-state index in [0.29, 0.717) is 66.1 Å². The maximum Gasteiger partial charge on any atom is 0.243 e. The Labute approximate surface area is 462 Å². The molecule has 4 N–H and O–H groups in total. The lowest BCUT2D eigenvalue weighted by Gasteiger charge is -2.55. The molecule has 1 aliphatic carbocycles. The Balaban J connectivity index is 0.617. The molecule has 4 aromatic heterocycles. The Hall–Kier alpha value is -6.65. The van der Waals surface area contributed by atoms with Crippen LogP contribution in [-0.2, 0) is 14.3 Å². The van der Waals surface area contributed by atoms with Gasteiger partial charge in [0.1, 0.15) is 17.7 Å². The maximum atomic E-state index is 14.4. The third-order valence-electron chi connectivity index (χ3n) is 17.0. The standard InChI is InChI=1S/C60H76N12O5S/c1-39(2)55(59(75)71-23-9-11-51(71)58(74)64-41(4)45-15-17-46(18-16-45)56-42(5)62-38-78-56)53-31-54(67-77-53)70-24-19-43(20-25-70)35-69-26-21-60(22-27-69)32-48(33-60)68(6)28-29-76-37-40(3)72-36-44(34-63-72)13-14-47-30-50(65-66-57(47)61)49-10-7-8-12-52(49)73/h7-8,10,12,15-18,30-31,34,36,38-41,43,48,51,55,73H,9,11,19-29,32-33,35,37H2,1-6H3,(H2,61,66)(H,64,74). The number of para-hydroxylation sites is 1. The number of phenolic OH excluding ortho intramolecular Hbond substituents is 1. The number of nitrogen functional groups attached to an aromatic ring is 1. The van der Waals surface area contributed by atoms with Gasteiger partial charge in [0.05, 0.1) is 64.4 Å². The monoisotopic (exact) mass is 1080 g/mol. The van der Waals surface area contributed by atoms with Gasteiger partial charge in [0.25, 0.3) is 0 Å². The average molecular weight is 1080 g/mol. The smallest absolute Gasteiger partial charge is 0.243 e. The highest BCUT2D eigenvalue weighted by Gasteiger charge is 2.47. The summed E-state index contributed by atoms with van der Waals surface area (Å²) in [7, 11) is 2.24. The number of phenols is 1. The number of hydrogen-bond acceptors (Lipinski definition) is 15. The third-order valence-corrected chi connectivity index (χ3v) is 18.0. The summed E-state index contributed by atoms with van der Waals surface area (Å²) in [6.45, 7) is 18.2. The fourth-order valence-electron chi connectivity index (χ4n) is 12.1. The number of carbonyl (C=O) groups excluding carboxylic acids is 2. The molecule has 4 atom stereocenters. The van der Waals surface area contributed by atoms with Crippen LogP contribution in [0.5, 0.6) is 5.75 Å². The molecular formula is C60H76N12O5S. The van der Waals surface area contributed by atoms with Crippen molar-refractivity contribution >= 4 is 34.8 Å². The zero-order chi connectivity index (χ0) is 54.5. The molecule has 4 fully saturated rings. The van der Waals surface area contributed by atoms with Crippen molar-refractivity contribution in [3.8, 4) is 39.3 Å². The van der Waals surface area contributed by atoms with Crippen molar-refractivity contribution in [1.82, 2.24) is 50.1 Å². The molecule has 2 amide bonds. The second-order valence-corrected chi connectivity index (χ2v) is 23.7. The molecule has 18 heteroatoms. The zero-order valence-electron chi connectivity index (χ0n) is 46.1. The summed E-state index contributed by atoms with van der Waals surface area (Å²) < 4.78 is 14.0. The van der Waals surface area contributed by atoms with Gasteiger partial charge >= 0.3 is 0 Å². The number of likely N-dealkylation sites (tertiary alicyclic amines) is 2. The van der Waals surface area contributed by atoms with E-state index in [-0.39, 0.29) is 41.4 Å². The normalized spacial score (nSPS) is 19.2. The van der Waals surface area contributed by atoms with Gasteiger partial charge < -0.3 is 45.0 Å². The number of hydrogen-bond donors (Lipinski definition) is 3. The summed E-state index contributed by atoms with van der Waals surface area (Å²) in [5, 5.41) is 30.7. The summed E-state index contributed by atoms with van der Waals surface area (Å²) in [6.07, 6.45) is 12.4. The van der Waals surface area contributed by atoms with Crippen molar-refractivity contribution < 1.29 is 24.0 Å². The van der Waals surface area contributed by atoms with Gasteiger partial charge in [-0.1, -0.05) is 67.2 Å². The summed E-state index contributed by atoms with van der Waals surface area (Å²) in [6, 6.07) is 18.9. The molecule has 78 heavy (non-hydrogen) atoms. The number of nitrogens with two attached hydrogens (primary N) is 1. The predicted molar refractivity (Wildman–Crippen MR) is 304 cm³/mol. The summed E-state index contributed by atoms with van der Waals surface area (Å²) in [4.78, 5) is 43.0. The van der Waals surface area contributed by atoms with Gasteiger partial charge in [-0.3, -0.25) is 14.3 Å². The Kier molecular flexibility index (Phi) is 16.9. The summed E-state index contributed by atoms with van der Waals surface area (Å²) in [5.74, 6) is 7.86. The molecule has 4 unspecified atom stereocenters. The van der Waals surface area contributed by atoms with E-state index in [0.717, 1.165) is 78.5 Å². The van der Waals surface area contributed by atoms with Gasteiger partial charge in [-0.25, -0.2) is 4.98 Å². The minimum absolute atomic E-state index is 0.0318. The number of likely N-dealkylation sites (N-methyl/N-ethyl adjacent to an activating group) is 1. The van der Waals surface area contributed by atoms with Gasteiger partial charge in [0.15, 0.2) is 17.4 Å². The molecule has 2 aromatic carbocycles. The topological polar surface area (TPSA) is 197 Å². The molecule has 7 heterocycles. The Morgan fingerprint density at radius 1 is 0.987 bits per heavy atom. The van der Waals surface area contributed by atoms with Gasteiger partial charge in [-0.15, -0.1) is 21.5 Å². The average Bonchev–Trinajstić information content (AvgIpc) is 4.29. The fourth-order valence-corrected chi connectivity index (χ4v) is 12.9. The summed E-state index contributed by atoms with van der Waals surface area (Å²) in [5.41, 5.74) is 13.9. The van der Waals surface area contributed by atoms with Gasteiger partial charge in [0, 0.05) is 56.6 Å². The fraction of sp³-hybridized carbons (Fsp3) is 0.517. The van der Waals surface area contributed by atoms with Crippen LogP contribution in [0.1, 0.15) is 125 Å². The second-order valence-electron chi connectivity index (χ2n) is 22.8. The van der Waals surface area contributed by atoms with Crippen molar-refractivity contribution in [3.63, 3.8) is 0 Å². The Morgan fingerprint density at radius 3 is 2.49 bits per heavy atom. The summed E-state index contributed by atoms with van der Waals surface area (Å²) >= 11 is 1.63. The zero-order valence-corrected chi connectivity index (χ0v) is 46.9. The quantitative estimate of drug-likeness (QED) is 0.0546. The van der Waals surface area contributed by atoms with E-state index in [1.807, 2.05) is 56.2 Å². The number of aromatic nitrogens is 6. The van der Waals surface area contributed by atoms with Crippen LogP contribution >= 0.6 is 11.3 Å². The number of carbonyl (C=O) groups is 2. The second kappa shape index (κ2) is 24.2. The van der Waals surface area contributed by atoms with E-state index in [1.165, 1.54) is 38.8 Å². The number of benzene rings is 2. The molecule has 3 saturated heterocycles. The number of aromatic hydroxyl groups is 1. The number of nitrogens with one attached hydrogen (secondary N) is 1. The molecule has 6 aromatic rings. The number of aryl methyl sites for hydroxylation is 1. The van der Waals surface area contributed by atoms with Crippen molar-refractivity contribution in [2.75, 3.05) is 76.7 Å². The number of ether oxygens (including phenoxy) is 1. The van der Waals surface area contributed by atoms with E-state index >= 15 is 0 Å². The number of nitrogens with zero attached hydrogens (tertiary/aromatic N) is 10. The van der Waals surface area contributed by atoms with Crippen molar-refractivity contribution in [2.24, 2.45) is 17.3 Å². The van der Waals surface area contributed by atoms with Crippen LogP contribution in [0, 0.1) is 36.0 Å². The highest BCUT2D eigenvalue weighted by atomic mass is 32.1. The van der Waals surface area contributed by atoms with Crippen LogP contribution in [0.4, 0.5) is 11.6 Å². The number of thiazole rings is 1. The molecule has 0 bridgehead atoms. The Bertz CT molecular complexity index is 3060. The van der Waals surface area contributed by atoms with E-state index in [1.54, 1.807) is 46.7 Å². The molecular weight excluding hydrogens is 1000 g/mol. The van der Waals surface area contributed by atoms with E-state index in [4.69, 9.17) is 15.0 Å². The number of rotatable bonds is 18. The molecule has 0 radical (unpaired) electrons. The van der Waals surface area contributed by atoms with Gasteiger partial charge in [-0.05, 0) is 139 Å². The van der Waals surface area contributed by atoms with Crippen molar-refractivity contribution in [2.45, 2.75) is 116 Å². The van der Waals surface area contributed by atoms with Crippen molar-refractivity contribution in [3.05, 3.63) is 107 Å². The first-order chi connectivity index (χ1) is 37.7. The molecule has 17 nitrogen and oxygen atoms in total. The first-order valence-corrected chi connectivity index (χ1v) is 28.9. The van der Waals surface area contributed by atoms with Gasteiger partial charge in [-0.2, -0.15) is 5.10 Å². The minimum Gasteiger partial charge on any atom is -0.507 e. The molecule has 1 spiro atoms. The van der Waals surface area contributed by atoms with E-state index in [9.17, 15) is 14.7 Å². The maximum absolute atomic E-state index is 14.4. The van der Waals surface area contributed by atoms with Crippen molar-refractivity contribution in [1.29, 1.82) is 0 Å². The molecule has 3 aliphatic heterocycles. The lowest BCUT2D eigenvalue weighted by molar-refractivity contribution is -0.141. The number of anilines is 2. The van der Waals surface area contributed by atoms with Gasteiger partial charge in [0.2, 0.25) is 11.8 Å². The van der Waals surface area contributed by atoms with Crippen LogP contribution < -0.4 is 16.0 Å². The Morgan fingerprint density at radius 2 is 1.76 bits per heavy atom. The minimum atomic E-state index is -0.522. The van der Waals surface area contributed by atoms with Crippen LogP contribution in [0.15, 0.2) is 83.1 Å². The van der Waals surface area contributed by atoms with E-state index < -0.39 is 12.0 Å². The SMILES string of the molecule is Cc1ncsc1-c1ccc(C(C)NC(=O)C2CCCN2C(=O)C(c2cc(N3CCC(CN4CCC5(CC4)CC(N(C)CCOCC(C)n4cc(C#Cc6cc(-c7ccccc7O)nnc6N)cn4)C5)CC3)no2)C(C)C)cc1. The molecule has 4 aliphatic rings. The molecule has 1 saturated carbocycles. The lowest BCUT2D eigenvalue weighted by Crippen LogP contribution is -2.55. The predicted octanol–water partition coefficient (Wildman–Crippen LogP) is 8.73. The lowest BCUT2D eigenvalue weighted by atomic mass is 9.60. The van der Waals surface area contributed by atoms with Crippen LogP contribution in [-0.4, -0.2) is 140 Å².